The summed E-state index contributed by atoms with van der Waals surface area (Å²) in [6.07, 6.45) is 5.13. The summed E-state index contributed by atoms with van der Waals surface area (Å²) in [4.78, 5) is 0. The minimum Gasteiger partial charge on any atom is -0.316 e. The van der Waals surface area contributed by atoms with Gasteiger partial charge in [0, 0.05) is 13.1 Å². The Morgan fingerprint density at radius 3 is 2.00 bits per heavy atom. The number of hydrogen-bond acceptors (Lipinski definition) is 1. The van der Waals surface area contributed by atoms with Crippen LogP contribution in [0.4, 0.5) is 0 Å². The molecular weight excluding hydrogens is 86.1 g/mol. The second-order valence-corrected chi connectivity index (χ2v) is 2.80. The summed E-state index contributed by atoms with van der Waals surface area (Å²) in [5.41, 5.74) is 0.778. The summed E-state index contributed by atoms with van der Waals surface area (Å²) in [6, 6.07) is 0. The van der Waals surface area contributed by atoms with Crippen molar-refractivity contribution in [2.45, 2.75) is 12.8 Å². The summed E-state index contributed by atoms with van der Waals surface area (Å²) >= 11 is 0. The summed E-state index contributed by atoms with van der Waals surface area (Å²) in [6.45, 7) is 2.56. The van der Waals surface area contributed by atoms with E-state index in [9.17, 15) is 0 Å². The van der Waals surface area contributed by atoms with Crippen molar-refractivity contribution in [1.29, 1.82) is 0 Å². The van der Waals surface area contributed by atoms with E-state index in [1.807, 2.05) is 0 Å². The summed E-state index contributed by atoms with van der Waals surface area (Å²) in [7, 11) is 0. The predicted molar refractivity (Wildman–Crippen MR) is 28.8 cm³/mol. The van der Waals surface area contributed by atoms with Gasteiger partial charge in [0.2, 0.25) is 0 Å². The highest BCUT2D eigenvalue weighted by atomic mass is 15.0. The van der Waals surface area contributed by atoms with E-state index in [0.29, 0.717) is 0 Å². The third-order valence-electron chi connectivity index (χ3n) is 2.15. The number of rotatable bonds is 0. The van der Waals surface area contributed by atoms with Gasteiger partial charge in [0.25, 0.3) is 0 Å². The molecule has 1 N–H and O–H groups in total. The Balaban J connectivity index is 2.00. The highest BCUT2D eigenvalue weighted by Crippen LogP contribution is 2.42. The molecule has 0 aromatic carbocycles. The zero-order valence-corrected chi connectivity index (χ0v) is 4.41. The predicted octanol–water partition coefficient (Wildman–Crippen LogP) is 0.574. The Morgan fingerprint density at radius 1 is 1.29 bits per heavy atom. The normalized spacial score (nSPS) is 34.3. The largest absolute Gasteiger partial charge is 0.316 e. The molecule has 2 aliphatic rings. The van der Waals surface area contributed by atoms with Gasteiger partial charge in [-0.25, -0.2) is 0 Å². The molecule has 1 heteroatoms. The minimum atomic E-state index is 0.778. The molecule has 0 unspecified atom stereocenters. The molecular formula is C6H10N. The monoisotopic (exact) mass is 96.1 g/mol. The zero-order chi connectivity index (χ0) is 4.74. The van der Waals surface area contributed by atoms with Crippen LogP contribution in [0, 0.1) is 11.8 Å². The van der Waals surface area contributed by atoms with Gasteiger partial charge in [-0.2, -0.15) is 0 Å². The van der Waals surface area contributed by atoms with Crippen LogP contribution in [0.2, 0.25) is 0 Å². The molecule has 1 aliphatic carbocycles. The van der Waals surface area contributed by atoms with Crippen LogP contribution in [-0.2, 0) is 0 Å². The van der Waals surface area contributed by atoms with E-state index >= 15 is 0 Å². The molecule has 1 radical (unpaired) electrons. The summed E-state index contributed by atoms with van der Waals surface area (Å²) < 4.78 is 0. The van der Waals surface area contributed by atoms with E-state index in [1.165, 1.54) is 25.9 Å². The average Bonchev–Trinajstić information content (AvgIpc) is 1.20. The lowest BCUT2D eigenvalue weighted by molar-refractivity contribution is 0.107. The maximum atomic E-state index is 3.28. The number of nitrogens with one attached hydrogen (secondary N) is 1. The van der Waals surface area contributed by atoms with Crippen molar-refractivity contribution in [2.24, 2.45) is 5.41 Å². The van der Waals surface area contributed by atoms with Gasteiger partial charge in [-0.1, -0.05) is 0 Å². The van der Waals surface area contributed by atoms with Gasteiger partial charge in [0.1, 0.15) is 0 Å². The van der Waals surface area contributed by atoms with Gasteiger partial charge < -0.3 is 5.32 Å². The van der Waals surface area contributed by atoms with Gasteiger partial charge in [0.15, 0.2) is 0 Å². The van der Waals surface area contributed by atoms with Crippen molar-refractivity contribution in [3.05, 3.63) is 6.42 Å². The molecule has 0 atom stereocenters. The summed E-state index contributed by atoms with van der Waals surface area (Å²) in [5, 5.41) is 3.28. The number of hydrogen-bond donors (Lipinski definition) is 1. The van der Waals surface area contributed by atoms with Crippen molar-refractivity contribution in [3.8, 4) is 0 Å². The van der Waals surface area contributed by atoms with Gasteiger partial charge in [-0.15, -0.1) is 0 Å². The van der Waals surface area contributed by atoms with Crippen LogP contribution in [0.25, 0.3) is 0 Å². The third kappa shape index (κ3) is 0.367. The van der Waals surface area contributed by atoms with E-state index < -0.39 is 0 Å². The van der Waals surface area contributed by atoms with Crippen molar-refractivity contribution in [2.75, 3.05) is 13.1 Å². The van der Waals surface area contributed by atoms with Crippen LogP contribution in [0.5, 0.6) is 0 Å². The highest BCUT2D eigenvalue weighted by Gasteiger charge is 2.41. The second kappa shape index (κ2) is 1.03. The SMILES string of the molecule is [CH]1CC2(C1)CNC2. The van der Waals surface area contributed by atoms with Gasteiger partial charge in [0.05, 0.1) is 0 Å². The molecule has 0 aromatic heterocycles. The Bertz CT molecular complexity index is 64.7. The van der Waals surface area contributed by atoms with Crippen LogP contribution in [-0.4, -0.2) is 13.1 Å². The molecule has 1 nitrogen and oxygen atoms in total. The van der Waals surface area contributed by atoms with E-state index in [-0.39, 0.29) is 0 Å². The zero-order valence-electron chi connectivity index (χ0n) is 4.41. The molecule has 1 aliphatic heterocycles. The lowest BCUT2D eigenvalue weighted by atomic mass is 9.65. The molecule has 39 valence electrons. The fourth-order valence-corrected chi connectivity index (χ4v) is 1.32. The molecule has 1 heterocycles. The molecule has 0 amide bonds. The first-order valence-electron chi connectivity index (χ1n) is 2.94. The lowest BCUT2D eigenvalue weighted by Gasteiger charge is -2.49. The fraction of sp³-hybridized carbons (Fsp3) is 0.833. The fourth-order valence-electron chi connectivity index (χ4n) is 1.32. The maximum Gasteiger partial charge on any atom is 0.00204 e. The first kappa shape index (κ1) is 3.90. The molecule has 2 fully saturated rings. The maximum absolute atomic E-state index is 3.28. The van der Waals surface area contributed by atoms with Crippen LogP contribution >= 0.6 is 0 Å². The standard InChI is InChI=1S/C6H10N/c1-2-6(3-1)4-7-5-6/h1,7H,2-5H2. The van der Waals surface area contributed by atoms with E-state index in [0.717, 1.165) is 5.41 Å². The van der Waals surface area contributed by atoms with Crippen molar-refractivity contribution in [1.82, 2.24) is 5.32 Å². The Morgan fingerprint density at radius 2 is 2.00 bits per heavy atom. The topological polar surface area (TPSA) is 12.0 Å². The van der Waals surface area contributed by atoms with Crippen LogP contribution in [0.3, 0.4) is 0 Å². The molecule has 1 saturated heterocycles. The van der Waals surface area contributed by atoms with Crippen LogP contribution < -0.4 is 5.32 Å². The molecule has 7 heavy (non-hydrogen) atoms. The Labute approximate surface area is 44.1 Å². The van der Waals surface area contributed by atoms with E-state index in [2.05, 4.69) is 11.7 Å². The smallest absolute Gasteiger partial charge is 0.00204 e. The Kier molecular flexibility index (Phi) is 0.571. The molecule has 1 saturated carbocycles. The van der Waals surface area contributed by atoms with Crippen LogP contribution in [0.15, 0.2) is 0 Å². The van der Waals surface area contributed by atoms with Crippen molar-refractivity contribution < 1.29 is 0 Å². The summed E-state index contributed by atoms with van der Waals surface area (Å²) in [5.74, 6) is 0. The second-order valence-electron chi connectivity index (χ2n) is 2.80. The first-order chi connectivity index (χ1) is 3.41. The van der Waals surface area contributed by atoms with Gasteiger partial charge >= 0.3 is 0 Å². The van der Waals surface area contributed by atoms with Gasteiger partial charge in [-0.3, -0.25) is 0 Å². The minimum absolute atomic E-state index is 0.778. The van der Waals surface area contributed by atoms with E-state index in [4.69, 9.17) is 0 Å². The lowest BCUT2D eigenvalue weighted by Crippen LogP contribution is -2.57. The highest BCUT2D eigenvalue weighted by molar-refractivity contribution is 5.06. The molecule has 0 aromatic rings. The van der Waals surface area contributed by atoms with E-state index in [1.54, 1.807) is 0 Å². The quantitative estimate of drug-likeness (QED) is 0.465. The van der Waals surface area contributed by atoms with Crippen molar-refractivity contribution >= 4 is 0 Å². The van der Waals surface area contributed by atoms with Crippen LogP contribution in [0.1, 0.15) is 12.8 Å². The third-order valence-corrected chi connectivity index (χ3v) is 2.15. The first-order valence-corrected chi connectivity index (χ1v) is 2.94. The van der Waals surface area contributed by atoms with Crippen molar-refractivity contribution in [3.63, 3.8) is 0 Å². The average molecular weight is 96.2 g/mol. The van der Waals surface area contributed by atoms with Gasteiger partial charge in [-0.05, 0) is 24.7 Å². The Hall–Kier alpha value is -0.0400. The molecule has 1 spiro atoms. The molecule has 2 rings (SSSR count). The molecule has 0 bridgehead atoms.